The lowest BCUT2D eigenvalue weighted by Gasteiger charge is -2.29. The molecule has 0 aromatic heterocycles. The van der Waals surface area contributed by atoms with Gasteiger partial charge in [0.15, 0.2) is 6.61 Å². The number of ether oxygens (including phenoxy) is 1. The minimum atomic E-state index is -3.55. The minimum Gasteiger partial charge on any atom is -0.452 e. The molecule has 0 atom stereocenters. The summed E-state index contributed by atoms with van der Waals surface area (Å²) in [6.07, 6.45) is 2.50. The third kappa shape index (κ3) is 5.28. The highest BCUT2D eigenvalue weighted by Crippen LogP contribution is 2.23. The number of sulfonamides is 1. The number of nitrogens with one attached hydrogen (secondary N) is 1. The van der Waals surface area contributed by atoms with Crippen molar-refractivity contribution in [3.05, 3.63) is 29.8 Å². The van der Waals surface area contributed by atoms with E-state index < -0.39 is 16.0 Å². The predicted octanol–water partition coefficient (Wildman–Crippen LogP) is 1.79. The summed E-state index contributed by atoms with van der Waals surface area (Å²) < 4.78 is 31.7. The van der Waals surface area contributed by atoms with Gasteiger partial charge < -0.3 is 10.1 Å². The Kier molecular flexibility index (Phi) is 7.16. The third-order valence-corrected chi connectivity index (χ3v) is 6.29. The first-order chi connectivity index (χ1) is 12.3. The molecule has 1 N–H and O–H groups in total. The number of esters is 1. The molecular weight excluding hydrogens is 356 g/mol. The molecule has 1 aromatic carbocycles. The standard InChI is InChI=1S/C18H26N2O5S/c1-3-10-19-17(21)13-25-18(22)15-4-6-16(7-5-15)26(23,24)20-11-8-14(2)9-12-20/h4-7,14H,3,8-13H2,1-2H3,(H,19,21). The van der Waals surface area contributed by atoms with Crippen molar-refractivity contribution in [3.8, 4) is 0 Å². The molecule has 1 aliphatic heterocycles. The van der Waals surface area contributed by atoms with Crippen LogP contribution in [0.1, 0.15) is 43.5 Å². The molecule has 0 spiro atoms. The molecule has 1 amide bonds. The maximum Gasteiger partial charge on any atom is 0.338 e. The van der Waals surface area contributed by atoms with Gasteiger partial charge in [-0.25, -0.2) is 13.2 Å². The fourth-order valence-electron chi connectivity index (χ4n) is 2.67. The van der Waals surface area contributed by atoms with Gasteiger partial charge >= 0.3 is 5.97 Å². The number of piperidine rings is 1. The number of benzene rings is 1. The summed E-state index contributed by atoms with van der Waals surface area (Å²) in [5.41, 5.74) is 0.208. The van der Waals surface area contributed by atoms with Crippen molar-refractivity contribution in [1.29, 1.82) is 0 Å². The summed E-state index contributed by atoms with van der Waals surface area (Å²) in [6, 6.07) is 5.62. The number of nitrogens with zero attached hydrogens (tertiary/aromatic N) is 1. The SMILES string of the molecule is CCCNC(=O)COC(=O)c1ccc(S(=O)(=O)N2CCC(C)CC2)cc1. The van der Waals surface area contributed by atoms with E-state index in [4.69, 9.17) is 4.74 Å². The van der Waals surface area contributed by atoms with Crippen molar-refractivity contribution < 1.29 is 22.7 Å². The fourth-order valence-corrected chi connectivity index (χ4v) is 4.14. The predicted molar refractivity (Wildman–Crippen MR) is 97.2 cm³/mol. The lowest BCUT2D eigenvalue weighted by atomic mass is 10.0. The molecule has 0 bridgehead atoms. The normalized spacial score (nSPS) is 16.2. The van der Waals surface area contributed by atoms with Crippen LogP contribution >= 0.6 is 0 Å². The van der Waals surface area contributed by atoms with E-state index in [-0.39, 0.29) is 23.0 Å². The van der Waals surface area contributed by atoms with Crippen LogP contribution < -0.4 is 5.32 Å². The highest BCUT2D eigenvalue weighted by molar-refractivity contribution is 7.89. The van der Waals surface area contributed by atoms with Crippen LogP contribution in [-0.2, 0) is 19.6 Å². The Labute approximate surface area is 154 Å². The first-order valence-electron chi connectivity index (χ1n) is 8.88. The molecule has 0 radical (unpaired) electrons. The van der Waals surface area contributed by atoms with E-state index in [1.807, 2.05) is 6.92 Å². The molecule has 0 unspecified atom stereocenters. The Morgan fingerprint density at radius 3 is 2.38 bits per heavy atom. The molecule has 7 nitrogen and oxygen atoms in total. The Hall–Kier alpha value is -1.93. The van der Waals surface area contributed by atoms with Gasteiger partial charge in [0.05, 0.1) is 10.5 Å². The average Bonchev–Trinajstić information content (AvgIpc) is 2.64. The smallest absolute Gasteiger partial charge is 0.338 e. The topological polar surface area (TPSA) is 92.8 Å². The van der Waals surface area contributed by atoms with Crippen molar-refractivity contribution in [2.24, 2.45) is 5.92 Å². The maximum atomic E-state index is 12.6. The summed E-state index contributed by atoms with van der Waals surface area (Å²) >= 11 is 0. The van der Waals surface area contributed by atoms with Crippen LogP contribution in [0.4, 0.5) is 0 Å². The molecule has 1 aliphatic rings. The Morgan fingerprint density at radius 2 is 1.81 bits per heavy atom. The summed E-state index contributed by atoms with van der Waals surface area (Å²) in [7, 11) is -3.55. The van der Waals surface area contributed by atoms with Gasteiger partial charge in [0, 0.05) is 19.6 Å². The van der Waals surface area contributed by atoms with Gasteiger partial charge in [-0.2, -0.15) is 4.31 Å². The van der Waals surface area contributed by atoms with Gasteiger partial charge in [0.25, 0.3) is 5.91 Å². The quantitative estimate of drug-likeness (QED) is 0.726. The van der Waals surface area contributed by atoms with Crippen LogP contribution in [0.2, 0.25) is 0 Å². The maximum absolute atomic E-state index is 12.6. The third-order valence-electron chi connectivity index (χ3n) is 4.38. The number of amides is 1. The molecule has 1 fully saturated rings. The van der Waals surface area contributed by atoms with Crippen LogP contribution in [0.25, 0.3) is 0 Å². The van der Waals surface area contributed by atoms with Crippen LogP contribution in [0, 0.1) is 5.92 Å². The molecule has 1 saturated heterocycles. The van der Waals surface area contributed by atoms with Gasteiger partial charge in [-0.1, -0.05) is 13.8 Å². The minimum absolute atomic E-state index is 0.157. The average molecular weight is 382 g/mol. The van der Waals surface area contributed by atoms with E-state index in [1.165, 1.54) is 28.6 Å². The second-order valence-corrected chi connectivity index (χ2v) is 8.48. The Balaban J connectivity index is 1.96. The van der Waals surface area contributed by atoms with Gasteiger partial charge in [-0.3, -0.25) is 4.79 Å². The number of hydrogen-bond donors (Lipinski definition) is 1. The van der Waals surface area contributed by atoms with Crippen LogP contribution in [0.5, 0.6) is 0 Å². The van der Waals surface area contributed by atoms with E-state index in [1.54, 1.807) is 0 Å². The summed E-state index contributed by atoms with van der Waals surface area (Å²) in [5, 5.41) is 2.61. The number of carbonyl (C=O) groups is 2. The van der Waals surface area contributed by atoms with E-state index in [2.05, 4.69) is 12.2 Å². The first-order valence-corrected chi connectivity index (χ1v) is 10.3. The largest absolute Gasteiger partial charge is 0.452 e. The summed E-state index contributed by atoms with van der Waals surface area (Å²) in [4.78, 5) is 23.6. The molecule has 0 aliphatic carbocycles. The van der Waals surface area contributed by atoms with Gasteiger partial charge in [0.1, 0.15) is 0 Å². The Bertz CT molecular complexity index is 722. The molecule has 8 heteroatoms. The van der Waals surface area contributed by atoms with E-state index >= 15 is 0 Å². The van der Waals surface area contributed by atoms with Gasteiger partial charge in [-0.15, -0.1) is 0 Å². The van der Waals surface area contributed by atoms with Crippen molar-refractivity contribution in [2.75, 3.05) is 26.2 Å². The van der Waals surface area contributed by atoms with Crippen LogP contribution in [-0.4, -0.2) is 50.8 Å². The molecule has 2 rings (SSSR count). The van der Waals surface area contributed by atoms with E-state index in [9.17, 15) is 18.0 Å². The molecule has 1 aromatic rings. The highest BCUT2D eigenvalue weighted by atomic mass is 32.2. The molecule has 144 valence electrons. The lowest BCUT2D eigenvalue weighted by molar-refractivity contribution is -0.124. The monoisotopic (exact) mass is 382 g/mol. The van der Waals surface area contributed by atoms with Crippen molar-refractivity contribution in [1.82, 2.24) is 9.62 Å². The zero-order valence-corrected chi connectivity index (χ0v) is 16.0. The zero-order chi connectivity index (χ0) is 19.2. The van der Waals surface area contributed by atoms with E-state index in [0.717, 1.165) is 19.3 Å². The molecule has 26 heavy (non-hydrogen) atoms. The summed E-state index contributed by atoms with van der Waals surface area (Å²) in [6.45, 7) is 5.24. The van der Waals surface area contributed by atoms with Crippen LogP contribution in [0.3, 0.4) is 0 Å². The second-order valence-electron chi connectivity index (χ2n) is 6.54. The molecule has 0 saturated carbocycles. The first kappa shape index (κ1) is 20.4. The fraction of sp³-hybridized carbons (Fsp3) is 0.556. The molecular formula is C18H26N2O5S. The number of hydrogen-bond acceptors (Lipinski definition) is 5. The Morgan fingerprint density at radius 1 is 1.19 bits per heavy atom. The van der Waals surface area contributed by atoms with Gasteiger partial charge in [0.2, 0.25) is 10.0 Å². The van der Waals surface area contributed by atoms with Crippen molar-refractivity contribution in [3.63, 3.8) is 0 Å². The van der Waals surface area contributed by atoms with Crippen molar-refractivity contribution in [2.45, 2.75) is 38.0 Å². The van der Waals surface area contributed by atoms with Crippen molar-refractivity contribution >= 4 is 21.9 Å². The lowest BCUT2D eigenvalue weighted by Crippen LogP contribution is -2.37. The number of rotatable bonds is 7. The number of carbonyl (C=O) groups excluding carboxylic acids is 2. The summed E-state index contributed by atoms with van der Waals surface area (Å²) in [5.74, 6) is -0.487. The van der Waals surface area contributed by atoms with Crippen LogP contribution in [0.15, 0.2) is 29.2 Å². The van der Waals surface area contributed by atoms with Gasteiger partial charge in [-0.05, 0) is 49.4 Å². The van der Waals surface area contributed by atoms with E-state index in [0.29, 0.717) is 25.6 Å². The zero-order valence-electron chi connectivity index (χ0n) is 15.2. The molecule has 1 heterocycles. The highest BCUT2D eigenvalue weighted by Gasteiger charge is 2.28. The second kappa shape index (κ2) is 9.14.